The van der Waals surface area contributed by atoms with Gasteiger partial charge in [0.1, 0.15) is 0 Å². The lowest BCUT2D eigenvalue weighted by Gasteiger charge is -2.26. The quantitative estimate of drug-likeness (QED) is 0.314. The lowest BCUT2D eigenvalue weighted by Crippen LogP contribution is -2.48. The number of nitrogens with one attached hydrogen (secondary N) is 2. The second kappa shape index (κ2) is 13.6. The number of ether oxygens (including phenoxy) is 1. The number of piperazine rings is 1. The molecule has 178 valence electrons. The molecule has 0 spiro atoms. The van der Waals surface area contributed by atoms with Crippen molar-refractivity contribution in [2.45, 2.75) is 39.0 Å². The van der Waals surface area contributed by atoms with Gasteiger partial charge in [0.05, 0.1) is 18.7 Å². The molecule has 3 rings (SSSR count). The van der Waals surface area contributed by atoms with Crippen molar-refractivity contribution in [3.05, 3.63) is 59.7 Å². The summed E-state index contributed by atoms with van der Waals surface area (Å²) in [6.07, 6.45) is 4.05. The van der Waals surface area contributed by atoms with Crippen molar-refractivity contribution in [3.63, 3.8) is 0 Å². The molecule has 1 aliphatic heterocycles. The predicted molar refractivity (Wildman–Crippen MR) is 131 cm³/mol. The number of anilines is 1. The highest BCUT2D eigenvalue weighted by atomic mass is 35.5. The van der Waals surface area contributed by atoms with Crippen LogP contribution in [0.3, 0.4) is 0 Å². The maximum absolute atomic E-state index is 12.4. The van der Waals surface area contributed by atoms with E-state index in [1.165, 1.54) is 12.5 Å². The molecule has 0 saturated carbocycles. The molecule has 0 bridgehead atoms. The van der Waals surface area contributed by atoms with Gasteiger partial charge in [-0.25, -0.2) is 0 Å². The SMILES string of the molecule is CC(=O)Nc1ccc(CCCCc2ccccc2)cc1OC(=O)CCN1CCNCC1=O.Cl. The van der Waals surface area contributed by atoms with Gasteiger partial charge in [-0.1, -0.05) is 36.4 Å². The maximum atomic E-state index is 12.4. The van der Waals surface area contributed by atoms with Crippen molar-refractivity contribution in [2.75, 3.05) is 31.5 Å². The Morgan fingerprint density at radius 2 is 1.79 bits per heavy atom. The second-order valence-corrected chi connectivity index (χ2v) is 7.99. The van der Waals surface area contributed by atoms with Crippen molar-refractivity contribution in [1.82, 2.24) is 10.2 Å². The third-order valence-electron chi connectivity index (χ3n) is 5.38. The molecular formula is C25H32ClN3O4. The van der Waals surface area contributed by atoms with Gasteiger partial charge in [-0.05, 0) is 48.9 Å². The number of hydrogen-bond donors (Lipinski definition) is 2. The van der Waals surface area contributed by atoms with E-state index in [1.807, 2.05) is 18.2 Å². The van der Waals surface area contributed by atoms with Crippen molar-refractivity contribution in [2.24, 2.45) is 0 Å². The molecule has 2 aromatic carbocycles. The highest BCUT2D eigenvalue weighted by Gasteiger charge is 2.19. The fraction of sp³-hybridized carbons (Fsp3) is 0.400. The third kappa shape index (κ3) is 8.86. The lowest BCUT2D eigenvalue weighted by molar-refractivity contribution is -0.136. The van der Waals surface area contributed by atoms with Crippen LogP contribution in [-0.4, -0.2) is 48.9 Å². The van der Waals surface area contributed by atoms with Crippen LogP contribution in [0.1, 0.15) is 37.3 Å². The van der Waals surface area contributed by atoms with Gasteiger partial charge in [-0.2, -0.15) is 0 Å². The zero-order chi connectivity index (χ0) is 22.8. The van der Waals surface area contributed by atoms with E-state index in [0.29, 0.717) is 31.1 Å². The number of hydrogen-bond acceptors (Lipinski definition) is 5. The highest BCUT2D eigenvalue weighted by molar-refractivity contribution is 5.91. The van der Waals surface area contributed by atoms with Crippen LogP contribution in [0.25, 0.3) is 0 Å². The van der Waals surface area contributed by atoms with Crippen molar-refractivity contribution in [3.8, 4) is 5.75 Å². The number of unbranched alkanes of at least 4 members (excludes halogenated alkanes) is 1. The summed E-state index contributed by atoms with van der Waals surface area (Å²) in [6, 6.07) is 15.9. The molecule has 0 aliphatic carbocycles. The summed E-state index contributed by atoms with van der Waals surface area (Å²) < 4.78 is 5.58. The summed E-state index contributed by atoms with van der Waals surface area (Å²) in [5.41, 5.74) is 2.84. The first kappa shape index (κ1) is 26.4. The Kier molecular flexibility index (Phi) is 10.9. The summed E-state index contributed by atoms with van der Waals surface area (Å²) in [5.74, 6) is -0.327. The second-order valence-electron chi connectivity index (χ2n) is 7.99. The van der Waals surface area contributed by atoms with Crippen LogP contribution >= 0.6 is 12.4 Å². The highest BCUT2D eigenvalue weighted by Crippen LogP contribution is 2.27. The first-order valence-corrected chi connectivity index (χ1v) is 11.1. The Balaban J connectivity index is 0.00000385. The molecule has 0 atom stereocenters. The van der Waals surface area contributed by atoms with E-state index in [0.717, 1.165) is 37.8 Å². The first-order chi connectivity index (χ1) is 15.5. The molecule has 1 fully saturated rings. The summed E-state index contributed by atoms with van der Waals surface area (Å²) in [5, 5.41) is 5.72. The maximum Gasteiger partial charge on any atom is 0.313 e. The van der Waals surface area contributed by atoms with Crippen LogP contribution in [-0.2, 0) is 27.2 Å². The molecule has 0 aromatic heterocycles. The van der Waals surface area contributed by atoms with E-state index in [4.69, 9.17) is 4.74 Å². The number of carbonyl (C=O) groups excluding carboxylic acids is 3. The number of benzene rings is 2. The van der Waals surface area contributed by atoms with Gasteiger partial charge < -0.3 is 20.3 Å². The topological polar surface area (TPSA) is 87.7 Å². The Hall–Kier alpha value is -2.90. The van der Waals surface area contributed by atoms with Gasteiger partial charge in [0.2, 0.25) is 11.8 Å². The smallest absolute Gasteiger partial charge is 0.313 e. The normalized spacial score (nSPS) is 13.2. The minimum atomic E-state index is -0.427. The van der Waals surface area contributed by atoms with Gasteiger partial charge in [-0.3, -0.25) is 14.4 Å². The summed E-state index contributed by atoms with van der Waals surface area (Å²) in [6.45, 7) is 3.35. The third-order valence-corrected chi connectivity index (χ3v) is 5.38. The minimum Gasteiger partial charge on any atom is -0.424 e. The van der Waals surface area contributed by atoms with E-state index in [1.54, 1.807) is 11.0 Å². The molecule has 2 amide bonds. The molecule has 1 saturated heterocycles. The molecule has 8 heteroatoms. The van der Waals surface area contributed by atoms with Gasteiger partial charge in [0.25, 0.3) is 0 Å². The molecule has 1 aliphatic rings. The minimum absolute atomic E-state index is 0. The number of carbonyl (C=O) groups is 3. The Morgan fingerprint density at radius 1 is 1.06 bits per heavy atom. The monoisotopic (exact) mass is 473 g/mol. The zero-order valence-electron chi connectivity index (χ0n) is 19.0. The average Bonchev–Trinajstić information content (AvgIpc) is 2.78. The Bertz CT molecular complexity index is 937. The van der Waals surface area contributed by atoms with Crippen molar-refractivity contribution in [1.29, 1.82) is 0 Å². The van der Waals surface area contributed by atoms with E-state index in [9.17, 15) is 14.4 Å². The first-order valence-electron chi connectivity index (χ1n) is 11.1. The van der Waals surface area contributed by atoms with Crippen LogP contribution in [0.2, 0.25) is 0 Å². The molecule has 7 nitrogen and oxygen atoms in total. The van der Waals surface area contributed by atoms with Gasteiger partial charge in [0, 0.05) is 26.6 Å². The van der Waals surface area contributed by atoms with E-state index < -0.39 is 5.97 Å². The molecule has 1 heterocycles. The molecule has 0 unspecified atom stereocenters. The van der Waals surface area contributed by atoms with Gasteiger partial charge >= 0.3 is 5.97 Å². The number of amides is 2. The molecule has 33 heavy (non-hydrogen) atoms. The standard InChI is InChI=1S/C25H31N3O4.ClH/c1-19(29)27-22-12-11-21(10-6-5-9-20-7-3-2-4-8-20)17-23(22)32-25(31)13-15-28-16-14-26-18-24(28)30;/h2-4,7-8,11-12,17,26H,5-6,9-10,13-16,18H2,1H3,(H,27,29);1H. The van der Waals surface area contributed by atoms with Crippen LogP contribution in [0.5, 0.6) is 5.75 Å². The average molecular weight is 474 g/mol. The van der Waals surface area contributed by atoms with Crippen LogP contribution < -0.4 is 15.4 Å². The summed E-state index contributed by atoms with van der Waals surface area (Å²) >= 11 is 0. The molecular weight excluding hydrogens is 442 g/mol. The van der Waals surface area contributed by atoms with Gasteiger partial charge in [0.15, 0.2) is 5.75 Å². The van der Waals surface area contributed by atoms with E-state index in [-0.39, 0.29) is 30.6 Å². The molecule has 0 radical (unpaired) electrons. The lowest BCUT2D eigenvalue weighted by atomic mass is 10.0. The number of esters is 1. The van der Waals surface area contributed by atoms with Crippen molar-refractivity contribution < 1.29 is 19.1 Å². The summed E-state index contributed by atoms with van der Waals surface area (Å²) in [4.78, 5) is 37.5. The van der Waals surface area contributed by atoms with E-state index in [2.05, 4.69) is 34.9 Å². The Morgan fingerprint density at radius 3 is 2.48 bits per heavy atom. The number of halogens is 1. The summed E-state index contributed by atoms with van der Waals surface area (Å²) in [7, 11) is 0. The number of nitrogens with zero attached hydrogens (tertiary/aromatic N) is 1. The molecule has 2 N–H and O–H groups in total. The molecule has 2 aromatic rings. The van der Waals surface area contributed by atoms with Crippen LogP contribution in [0, 0.1) is 0 Å². The van der Waals surface area contributed by atoms with Crippen molar-refractivity contribution >= 4 is 35.9 Å². The van der Waals surface area contributed by atoms with Crippen LogP contribution in [0.15, 0.2) is 48.5 Å². The Labute approximate surface area is 201 Å². The van der Waals surface area contributed by atoms with Crippen LogP contribution in [0.4, 0.5) is 5.69 Å². The largest absolute Gasteiger partial charge is 0.424 e. The number of rotatable bonds is 10. The van der Waals surface area contributed by atoms with E-state index >= 15 is 0 Å². The zero-order valence-corrected chi connectivity index (χ0v) is 19.8. The van der Waals surface area contributed by atoms with Gasteiger partial charge in [-0.15, -0.1) is 12.4 Å². The number of aryl methyl sites for hydroxylation is 2. The predicted octanol–water partition coefficient (Wildman–Crippen LogP) is 3.36. The fourth-order valence-electron chi connectivity index (χ4n) is 3.68. The fourth-order valence-corrected chi connectivity index (χ4v) is 3.68.